The predicted molar refractivity (Wildman–Crippen MR) is 47.8 cm³/mol. The molecule has 14 heavy (non-hydrogen) atoms. The molecular formula is C8H8ClNO4. The van der Waals surface area contributed by atoms with Crippen LogP contribution in [0.4, 0.5) is 0 Å². The number of carboxylic acid groups (broad SMARTS) is 1. The highest BCUT2D eigenvalue weighted by molar-refractivity contribution is 6.30. The summed E-state index contributed by atoms with van der Waals surface area (Å²) >= 11 is 5.57. The standard InChI is InChI=1S/C8H8ClNO4/c9-5-1-4(2-10-3-5)6(11)7(12)8(13)14/h1-3,6-7,11-12H,(H,13,14). The first kappa shape index (κ1) is 10.9. The van der Waals surface area contributed by atoms with E-state index in [2.05, 4.69) is 4.98 Å². The van der Waals surface area contributed by atoms with E-state index in [1.54, 1.807) is 0 Å². The van der Waals surface area contributed by atoms with Gasteiger partial charge in [0.2, 0.25) is 0 Å². The fraction of sp³-hybridized carbons (Fsp3) is 0.250. The van der Waals surface area contributed by atoms with Crippen molar-refractivity contribution >= 4 is 17.6 Å². The van der Waals surface area contributed by atoms with E-state index < -0.39 is 18.2 Å². The van der Waals surface area contributed by atoms with Crippen molar-refractivity contribution in [1.82, 2.24) is 4.98 Å². The molecule has 1 aromatic rings. The number of hydrogen-bond donors (Lipinski definition) is 3. The van der Waals surface area contributed by atoms with E-state index in [9.17, 15) is 9.90 Å². The summed E-state index contributed by atoms with van der Waals surface area (Å²) in [5.41, 5.74) is 0.160. The lowest BCUT2D eigenvalue weighted by Crippen LogP contribution is -2.27. The number of aliphatic hydroxyl groups is 2. The first-order chi connectivity index (χ1) is 6.52. The molecule has 3 N–H and O–H groups in total. The van der Waals surface area contributed by atoms with Crippen molar-refractivity contribution in [2.45, 2.75) is 12.2 Å². The largest absolute Gasteiger partial charge is 0.479 e. The third-order valence-corrected chi connectivity index (χ3v) is 1.83. The van der Waals surface area contributed by atoms with Gasteiger partial charge >= 0.3 is 5.97 Å². The van der Waals surface area contributed by atoms with Crippen LogP contribution in [0.5, 0.6) is 0 Å². The maximum atomic E-state index is 10.3. The third-order valence-electron chi connectivity index (χ3n) is 1.62. The van der Waals surface area contributed by atoms with E-state index in [-0.39, 0.29) is 10.6 Å². The van der Waals surface area contributed by atoms with Crippen molar-refractivity contribution in [1.29, 1.82) is 0 Å². The van der Waals surface area contributed by atoms with Crippen LogP contribution in [-0.4, -0.2) is 32.4 Å². The average molecular weight is 218 g/mol. The molecular weight excluding hydrogens is 210 g/mol. The Morgan fingerprint density at radius 3 is 2.57 bits per heavy atom. The highest BCUT2D eigenvalue weighted by Gasteiger charge is 2.25. The smallest absolute Gasteiger partial charge is 0.335 e. The van der Waals surface area contributed by atoms with Crippen LogP contribution in [-0.2, 0) is 4.79 Å². The summed E-state index contributed by atoms with van der Waals surface area (Å²) in [5.74, 6) is -1.50. The Morgan fingerprint density at radius 1 is 1.43 bits per heavy atom. The Bertz CT molecular complexity index is 344. The minimum Gasteiger partial charge on any atom is -0.479 e. The summed E-state index contributed by atoms with van der Waals surface area (Å²) in [6, 6.07) is 1.34. The monoisotopic (exact) mass is 217 g/mol. The molecule has 0 fully saturated rings. The second-order valence-electron chi connectivity index (χ2n) is 2.66. The zero-order chi connectivity index (χ0) is 10.7. The lowest BCUT2D eigenvalue weighted by molar-refractivity contribution is -0.153. The Hall–Kier alpha value is -1.17. The van der Waals surface area contributed by atoms with E-state index in [1.165, 1.54) is 18.5 Å². The normalized spacial score (nSPS) is 14.8. The second kappa shape index (κ2) is 4.36. The first-order valence-corrected chi connectivity index (χ1v) is 4.09. The molecule has 0 spiro atoms. The molecule has 0 radical (unpaired) electrons. The van der Waals surface area contributed by atoms with Crippen LogP contribution in [0.15, 0.2) is 18.5 Å². The van der Waals surface area contributed by atoms with Gasteiger partial charge in [0.1, 0.15) is 6.10 Å². The molecule has 1 heterocycles. The Morgan fingerprint density at radius 2 is 2.07 bits per heavy atom. The zero-order valence-corrected chi connectivity index (χ0v) is 7.72. The number of pyridine rings is 1. The van der Waals surface area contributed by atoms with Crippen LogP contribution in [0, 0.1) is 0 Å². The molecule has 1 aromatic heterocycles. The van der Waals surface area contributed by atoms with Gasteiger partial charge in [-0.05, 0) is 6.07 Å². The number of hydrogen-bond acceptors (Lipinski definition) is 4. The van der Waals surface area contributed by atoms with E-state index in [0.29, 0.717) is 0 Å². The fourth-order valence-electron chi connectivity index (χ4n) is 0.907. The van der Waals surface area contributed by atoms with Gasteiger partial charge in [0.05, 0.1) is 5.02 Å². The molecule has 0 aromatic carbocycles. The first-order valence-electron chi connectivity index (χ1n) is 3.71. The molecule has 1 rings (SSSR count). The van der Waals surface area contributed by atoms with Gasteiger partial charge in [-0.3, -0.25) is 4.98 Å². The molecule has 2 unspecified atom stereocenters. The number of aliphatic carboxylic acids is 1. The van der Waals surface area contributed by atoms with Crippen molar-refractivity contribution in [3.8, 4) is 0 Å². The van der Waals surface area contributed by atoms with E-state index in [0.717, 1.165) is 0 Å². The number of halogens is 1. The molecule has 76 valence electrons. The van der Waals surface area contributed by atoms with Crippen LogP contribution in [0.3, 0.4) is 0 Å². The van der Waals surface area contributed by atoms with Crippen molar-refractivity contribution in [2.75, 3.05) is 0 Å². The lowest BCUT2D eigenvalue weighted by atomic mass is 10.1. The number of carbonyl (C=O) groups is 1. The van der Waals surface area contributed by atoms with Gasteiger partial charge in [-0.2, -0.15) is 0 Å². The van der Waals surface area contributed by atoms with Gasteiger partial charge in [0.25, 0.3) is 0 Å². The molecule has 5 nitrogen and oxygen atoms in total. The van der Waals surface area contributed by atoms with E-state index >= 15 is 0 Å². The number of carboxylic acids is 1. The zero-order valence-electron chi connectivity index (χ0n) is 6.96. The minimum absolute atomic E-state index is 0.160. The number of rotatable bonds is 3. The summed E-state index contributed by atoms with van der Waals surface area (Å²) in [4.78, 5) is 14.0. The van der Waals surface area contributed by atoms with E-state index in [4.69, 9.17) is 21.8 Å². The van der Waals surface area contributed by atoms with Gasteiger partial charge in [0.15, 0.2) is 6.10 Å². The quantitative estimate of drug-likeness (QED) is 0.674. The topological polar surface area (TPSA) is 90.7 Å². The average Bonchev–Trinajstić information content (AvgIpc) is 2.15. The molecule has 0 aliphatic carbocycles. The van der Waals surface area contributed by atoms with Crippen molar-refractivity contribution in [3.05, 3.63) is 29.0 Å². The van der Waals surface area contributed by atoms with Crippen molar-refractivity contribution in [2.24, 2.45) is 0 Å². The summed E-state index contributed by atoms with van der Waals surface area (Å²) in [5, 5.41) is 27.1. The SMILES string of the molecule is O=C(O)C(O)C(O)c1cncc(Cl)c1. The molecule has 0 amide bonds. The Balaban J connectivity index is 2.89. The maximum absolute atomic E-state index is 10.3. The van der Waals surface area contributed by atoms with Gasteiger partial charge in [0, 0.05) is 18.0 Å². The Kier molecular flexibility index (Phi) is 3.40. The molecule has 0 bridgehead atoms. The third kappa shape index (κ3) is 2.41. The maximum Gasteiger partial charge on any atom is 0.335 e. The number of aromatic nitrogens is 1. The molecule has 6 heteroatoms. The minimum atomic E-state index is -1.88. The summed E-state index contributed by atoms with van der Waals surface area (Å²) < 4.78 is 0. The predicted octanol–water partition coefficient (Wildman–Crippen LogP) is 0.214. The van der Waals surface area contributed by atoms with Crippen molar-refractivity contribution < 1.29 is 20.1 Å². The Labute approximate surface area is 84.6 Å². The van der Waals surface area contributed by atoms with Gasteiger partial charge in [-0.15, -0.1) is 0 Å². The highest BCUT2D eigenvalue weighted by atomic mass is 35.5. The van der Waals surface area contributed by atoms with Crippen LogP contribution in [0.25, 0.3) is 0 Å². The fourth-order valence-corrected chi connectivity index (χ4v) is 1.09. The summed E-state index contributed by atoms with van der Waals surface area (Å²) in [6.07, 6.45) is -0.831. The molecule has 0 saturated heterocycles. The van der Waals surface area contributed by atoms with Crippen molar-refractivity contribution in [3.63, 3.8) is 0 Å². The molecule has 0 saturated carbocycles. The summed E-state index contributed by atoms with van der Waals surface area (Å²) in [6.45, 7) is 0. The highest BCUT2D eigenvalue weighted by Crippen LogP contribution is 2.19. The lowest BCUT2D eigenvalue weighted by Gasteiger charge is -2.13. The van der Waals surface area contributed by atoms with Gasteiger partial charge < -0.3 is 15.3 Å². The van der Waals surface area contributed by atoms with Crippen LogP contribution in [0.2, 0.25) is 5.02 Å². The molecule has 0 aliphatic heterocycles. The van der Waals surface area contributed by atoms with Gasteiger partial charge in [-0.25, -0.2) is 4.79 Å². The second-order valence-corrected chi connectivity index (χ2v) is 3.10. The van der Waals surface area contributed by atoms with Crippen LogP contribution in [0.1, 0.15) is 11.7 Å². The summed E-state index contributed by atoms with van der Waals surface area (Å²) in [7, 11) is 0. The van der Waals surface area contributed by atoms with Crippen LogP contribution >= 0.6 is 11.6 Å². The van der Waals surface area contributed by atoms with Gasteiger partial charge in [-0.1, -0.05) is 11.6 Å². The molecule has 0 aliphatic rings. The number of aliphatic hydroxyl groups excluding tert-OH is 2. The number of nitrogens with zero attached hydrogens (tertiary/aromatic N) is 1. The van der Waals surface area contributed by atoms with Crippen LogP contribution < -0.4 is 0 Å². The van der Waals surface area contributed by atoms with E-state index in [1.807, 2.05) is 0 Å². The molecule has 2 atom stereocenters.